The Morgan fingerprint density at radius 2 is 1.86 bits per heavy atom. The Balaban J connectivity index is 2.01. The molecule has 2 aromatic rings. The standard InChI is InChI=1S/C15H16N4O3/c20-12-10-13(21)19(11-4-2-1-3-5-11)17-14(12)15(22)18-8-6-16-7-9-18/h1-5,10,16,20H,6-9H2. The van der Waals surface area contributed by atoms with E-state index in [0.717, 1.165) is 10.7 Å². The van der Waals surface area contributed by atoms with Gasteiger partial charge in [0.15, 0.2) is 11.4 Å². The highest BCUT2D eigenvalue weighted by atomic mass is 16.3. The van der Waals surface area contributed by atoms with Crippen LogP contribution in [0.2, 0.25) is 0 Å². The predicted molar refractivity (Wildman–Crippen MR) is 80.3 cm³/mol. The van der Waals surface area contributed by atoms with Crippen LogP contribution in [0.1, 0.15) is 10.5 Å². The SMILES string of the molecule is O=C(c1nn(-c2ccccc2)c(=O)cc1O)N1CCNCC1. The zero-order valence-corrected chi connectivity index (χ0v) is 11.9. The molecule has 0 bridgehead atoms. The molecule has 22 heavy (non-hydrogen) atoms. The van der Waals surface area contributed by atoms with E-state index in [1.807, 2.05) is 6.07 Å². The van der Waals surface area contributed by atoms with Gasteiger partial charge in [0, 0.05) is 32.2 Å². The molecule has 0 unspecified atom stereocenters. The van der Waals surface area contributed by atoms with Gasteiger partial charge in [0.25, 0.3) is 11.5 Å². The largest absolute Gasteiger partial charge is 0.505 e. The van der Waals surface area contributed by atoms with E-state index in [9.17, 15) is 14.7 Å². The third-order valence-electron chi connectivity index (χ3n) is 3.52. The molecule has 114 valence electrons. The van der Waals surface area contributed by atoms with Gasteiger partial charge in [-0.3, -0.25) is 9.59 Å². The summed E-state index contributed by atoms with van der Waals surface area (Å²) in [6.07, 6.45) is 0. The van der Waals surface area contributed by atoms with E-state index in [0.29, 0.717) is 31.9 Å². The fourth-order valence-corrected chi connectivity index (χ4v) is 2.37. The van der Waals surface area contributed by atoms with Crippen LogP contribution in [0, 0.1) is 0 Å². The van der Waals surface area contributed by atoms with Crippen molar-refractivity contribution in [2.24, 2.45) is 0 Å². The van der Waals surface area contributed by atoms with Crippen LogP contribution in [0.15, 0.2) is 41.2 Å². The van der Waals surface area contributed by atoms with E-state index in [4.69, 9.17) is 0 Å². The topological polar surface area (TPSA) is 87.5 Å². The number of carbonyl (C=O) groups is 1. The van der Waals surface area contributed by atoms with Gasteiger partial charge in [-0.15, -0.1) is 0 Å². The molecule has 0 saturated carbocycles. The van der Waals surface area contributed by atoms with Crippen molar-refractivity contribution in [3.63, 3.8) is 0 Å². The van der Waals surface area contributed by atoms with E-state index < -0.39 is 5.56 Å². The molecular weight excluding hydrogens is 284 g/mol. The van der Waals surface area contributed by atoms with Crippen molar-refractivity contribution < 1.29 is 9.90 Å². The van der Waals surface area contributed by atoms with Crippen LogP contribution < -0.4 is 10.9 Å². The molecule has 1 saturated heterocycles. The molecule has 1 aliphatic heterocycles. The fourth-order valence-electron chi connectivity index (χ4n) is 2.37. The summed E-state index contributed by atoms with van der Waals surface area (Å²) in [6.45, 7) is 2.49. The lowest BCUT2D eigenvalue weighted by molar-refractivity contribution is 0.0724. The molecule has 0 aliphatic carbocycles. The summed E-state index contributed by atoms with van der Waals surface area (Å²) in [5.74, 6) is -0.760. The van der Waals surface area contributed by atoms with Gasteiger partial charge in [0.05, 0.1) is 5.69 Å². The van der Waals surface area contributed by atoms with Crippen LogP contribution in [0.5, 0.6) is 5.75 Å². The lowest BCUT2D eigenvalue weighted by Crippen LogP contribution is -2.47. The molecule has 1 aliphatic rings. The minimum atomic E-state index is -0.486. The zero-order chi connectivity index (χ0) is 15.5. The molecule has 7 heteroatoms. The first kappa shape index (κ1) is 14.3. The summed E-state index contributed by atoms with van der Waals surface area (Å²) < 4.78 is 1.12. The van der Waals surface area contributed by atoms with Gasteiger partial charge < -0.3 is 15.3 Å². The lowest BCUT2D eigenvalue weighted by Gasteiger charge is -2.27. The first-order valence-electron chi connectivity index (χ1n) is 7.05. The molecule has 7 nitrogen and oxygen atoms in total. The third kappa shape index (κ3) is 2.71. The minimum Gasteiger partial charge on any atom is -0.505 e. The number of carbonyl (C=O) groups excluding carboxylic acids is 1. The van der Waals surface area contributed by atoms with Gasteiger partial charge in [-0.2, -0.15) is 9.78 Å². The second kappa shape index (κ2) is 5.98. The van der Waals surface area contributed by atoms with E-state index in [-0.39, 0.29) is 17.4 Å². The molecule has 1 aromatic heterocycles. The van der Waals surface area contributed by atoms with Crippen LogP contribution in [0.4, 0.5) is 0 Å². The molecule has 0 atom stereocenters. The number of amides is 1. The van der Waals surface area contributed by atoms with Gasteiger partial charge in [-0.05, 0) is 12.1 Å². The summed E-state index contributed by atoms with van der Waals surface area (Å²) >= 11 is 0. The molecular formula is C15H16N4O3. The summed E-state index contributed by atoms with van der Waals surface area (Å²) in [5, 5.41) is 17.1. The first-order chi connectivity index (χ1) is 10.7. The van der Waals surface area contributed by atoms with E-state index >= 15 is 0 Å². The fraction of sp³-hybridized carbons (Fsp3) is 0.267. The first-order valence-corrected chi connectivity index (χ1v) is 7.05. The van der Waals surface area contributed by atoms with Crippen molar-refractivity contribution in [3.8, 4) is 11.4 Å². The number of nitrogens with zero attached hydrogens (tertiary/aromatic N) is 3. The average Bonchev–Trinajstić information content (AvgIpc) is 2.56. The number of hydrogen-bond donors (Lipinski definition) is 2. The maximum absolute atomic E-state index is 12.5. The summed E-state index contributed by atoms with van der Waals surface area (Å²) in [5.41, 5.74) is -0.0484. The van der Waals surface area contributed by atoms with Crippen LogP contribution in [-0.4, -0.2) is 51.9 Å². The Hall–Kier alpha value is -2.67. The van der Waals surface area contributed by atoms with E-state index in [1.54, 1.807) is 29.2 Å². The molecule has 0 spiro atoms. The van der Waals surface area contributed by atoms with Gasteiger partial charge in [0.2, 0.25) is 0 Å². The Morgan fingerprint density at radius 1 is 1.18 bits per heavy atom. The number of para-hydroxylation sites is 1. The number of aromatic nitrogens is 2. The molecule has 1 fully saturated rings. The molecule has 0 radical (unpaired) electrons. The maximum Gasteiger partial charge on any atom is 0.278 e. The smallest absolute Gasteiger partial charge is 0.278 e. The van der Waals surface area contributed by atoms with Gasteiger partial charge in [-0.1, -0.05) is 18.2 Å². The third-order valence-corrected chi connectivity index (χ3v) is 3.52. The maximum atomic E-state index is 12.5. The summed E-state index contributed by atoms with van der Waals surface area (Å²) in [6, 6.07) is 9.81. The van der Waals surface area contributed by atoms with Crippen molar-refractivity contribution in [2.45, 2.75) is 0 Å². The summed E-state index contributed by atoms with van der Waals surface area (Å²) in [4.78, 5) is 26.1. The molecule has 3 rings (SSSR count). The monoisotopic (exact) mass is 300 g/mol. The normalized spacial score (nSPS) is 14.8. The van der Waals surface area contributed by atoms with Crippen molar-refractivity contribution in [3.05, 3.63) is 52.4 Å². The quantitative estimate of drug-likeness (QED) is 0.814. The Morgan fingerprint density at radius 3 is 2.55 bits per heavy atom. The lowest BCUT2D eigenvalue weighted by atomic mass is 10.2. The molecule has 2 N–H and O–H groups in total. The summed E-state index contributed by atoms with van der Waals surface area (Å²) in [7, 11) is 0. The highest BCUT2D eigenvalue weighted by Crippen LogP contribution is 2.15. The number of benzene rings is 1. The Kier molecular flexibility index (Phi) is 3.88. The Bertz CT molecular complexity index is 736. The number of aromatic hydroxyl groups is 1. The van der Waals surface area contributed by atoms with Crippen LogP contribution >= 0.6 is 0 Å². The number of piperazine rings is 1. The number of rotatable bonds is 2. The zero-order valence-electron chi connectivity index (χ0n) is 11.9. The number of hydrogen-bond acceptors (Lipinski definition) is 5. The molecule has 2 heterocycles. The highest BCUT2D eigenvalue weighted by molar-refractivity contribution is 5.94. The Labute approximate surface area is 126 Å². The second-order valence-electron chi connectivity index (χ2n) is 5.01. The van der Waals surface area contributed by atoms with Crippen molar-refractivity contribution in [1.29, 1.82) is 0 Å². The van der Waals surface area contributed by atoms with Gasteiger partial charge in [0.1, 0.15) is 0 Å². The predicted octanol–water partition coefficient (Wildman–Crippen LogP) is -0.0165. The van der Waals surface area contributed by atoms with Gasteiger partial charge in [-0.25, -0.2) is 0 Å². The molecule has 1 amide bonds. The highest BCUT2D eigenvalue weighted by Gasteiger charge is 2.23. The van der Waals surface area contributed by atoms with Crippen molar-refractivity contribution >= 4 is 5.91 Å². The average molecular weight is 300 g/mol. The molecule has 1 aromatic carbocycles. The van der Waals surface area contributed by atoms with Crippen LogP contribution in [0.3, 0.4) is 0 Å². The van der Waals surface area contributed by atoms with Crippen molar-refractivity contribution in [2.75, 3.05) is 26.2 Å². The van der Waals surface area contributed by atoms with E-state index in [2.05, 4.69) is 10.4 Å². The number of nitrogens with one attached hydrogen (secondary N) is 1. The van der Waals surface area contributed by atoms with Crippen molar-refractivity contribution in [1.82, 2.24) is 20.0 Å². The van der Waals surface area contributed by atoms with Crippen LogP contribution in [-0.2, 0) is 0 Å². The van der Waals surface area contributed by atoms with E-state index in [1.165, 1.54) is 0 Å². The second-order valence-corrected chi connectivity index (χ2v) is 5.01. The van der Waals surface area contributed by atoms with Gasteiger partial charge >= 0.3 is 0 Å². The minimum absolute atomic E-state index is 0.106. The van der Waals surface area contributed by atoms with Crippen LogP contribution in [0.25, 0.3) is 5.69 Å².